The maximum Gasteiger partial charge on any atom is 0.422 e. The minimum Gasteiger partial charge on any atom is -0.484 e. The number of rotatable bonds is 5. The van der Waals surface area contributed by atoms with E-state index in [0.29, 0.717) is 17.0 Å². The van der Waals surface area contributed by atoms with Gasteiger partial charge in [-0.05, 0) is 26.0 Å². The summed E-state index contributed by atoms with van der Waals surface area (Å²) in [5, 5.41) is 0.160. The van der Waals surface area contributed by atoms with E-state index < -0.39 is 23.6 Å². The van der Waals surface area contributed by atoms with Gasteiger partial charge in [0.25, 0.3) is 0 Å². The lowest BCUT2D eigenvalue weighted by molar-refractivity contribution is -0.153. The Morgan fingerprint density at radius 3 is 2.52 bits per heavy atom. The molecule has 0 saturated heterocycles. The van der Waals surface area contributed by atoms with Gasteiger partial charge in [-0.25, -0.2) is 9.97 Å². The molecule has 0 aliphatic rings. The van der Waals surface area contributed by atoms with Crippen LogP contribution in [0.2, 0.25) is 0 Å². The average molecular weight is 345 g/mol. The molecule has 0 amide bonds. The van der Waals surface area contributed by atoms with Crippen molar-refractivity contribution < 1.29 is 22.1 Å². The molecule has 2 heterocycles. The second kappa shape index (κ2) is 7.03. The fourth-order valence-corrected chi connectivity index (χ4v) is 2.84. The summed E-state index contributed by atoms with van der Waals surface area (Å²) in [6.07, 6.45) is -1.60. The summed E-state index contributed by atoms with van der Waals surface area (Å²) >= 11 is 0. The fourth-order valence-electron chi connectivity index (χ4n) is 1.74. The largest absolute Gasteiger partial charge is 0.484 e. The van der Waals surface area contributed by atoms with Gasteiger partial charge in [0.05, 0.1) is 22.2 Å². The third-order valence-electron chi connectivity index (χ3n) is 2.89. The molecule has 0 spiro atoms. The second-order valence-corrected chi connectivity index (χ2v) is 6.10. The molecule has 124 valence electrons. The Bertz CT molecular complexity index is 723. The lowest BCUT2D eigenvalue weighted by Gasteiger charge is -2.13. The van der Waals surface area contributed by atoms with Crippen LogP contribution in [0.4, 0.5) is 13.2 Å². The first kappa shape index (κ1) is 17.3. The molecule has 2 aromatic heterocycles. The monoisotopic (exact) mass is 345 g/mol. The summed E-state index contributed by atoms with van der Waals surface area (Å²) in [6.45, 7) is 1.93. The van der Waals surface area contributed by atoms with Crippen LogP contribution in [0.3, 0.4) is 0 Å². The fraction of sp³-hybridized carbons (Fsp3) is 0.357. The van der Waals surface area contributed by atoms with Gasteiger partial charge >= 0.3 is 6.18 Å². The number of halogens is 3. The van der Waals surface area contributed by atoms with Crippen molar-refractivity contribution in [2.45, 2.75) is 30.9 Å². The van der Waals surface area contributed by atoms with Crippen molar-refractivity contribution in [3.05, 3.63) is 41.5 Å². The lowest BCUT2D eigenvalue weighted by Crippen LogP contribution is -2.20. The first-order valence-corrected chi connectivity index (χ1v) is 7.90. The van der Waals surface area contributed by atoms with E-state index in [4.69, 9.17) is 4.74 Å². The van der Waals surface area contributed by atoms with Gasteiger partial charge in [0, 0.05) is 23.7 Å². The van der Waals surface area contributed by atoms with Crippen LogP contribution >= 0.6 is 0 Å². The van der Waals surface area contributed by atoms with Gasteiger partial charge in [-0.15, -0.1) is 0 Å². The summed E-state index contributed by atoms with van der Waals surface area (Å²) < 4.78 is 53.7. The summed E-state index contributed by atoms with van der Waals surface area (Å²) in [5.74, 6) is 0.0629. The molecule has 23 heavy (non-hydrogen) atoms. The molecule has 2 aromatic rings. The highest BCUT2D eigenvalue weighted by Crippen LogP contribution is 2.24. The van der Waals surface area contributed by atoms with Crippen LogP contribution in [-0.4, -0.2) is 31.9 Å². The van der Waals surface area contributed by atoms with Crippen LogP contribution in [-0.2, 0) is 16.6 Å². The average Bonchev–Trinajstić information content (AvgIpc) is 2.47. The minimum atomic E-state index is -4.42. The number of ether oxygens (including phenoxy) is 1. The van der Waals surface area contributed by atoms with E-state index in [-0.39, 0.29) is 16.7 Å². The molecule has 0 aliphatic heterocycles. The summed E-state index contributed by atoms with van der Waals surface area (Å²) in [6, 6.07) is 3.02. The van der Waals surface area contributed by atoms with Crippen molar-refractivity contribution in [3.8, 4) is 5.75 Å². The van der Waals surface area contributed by atoms with E-state index in [2.05, 4.69) is 15.0 Å². The number of hydrogen-bond acceptors (Lipinski definition) is 5. The van der Waals surface area contributed by atoms with Crippen LogP contribution in [0.1, 0.15) is 17.0 Å². The van der Waals surface area contributed by atoms with Crippen molar-refractivity contribution >= 4 is 10.8 Å². The smallest absolute Gasteiger partial charge is 0.422 e. The molecule has 1 unspecified atom stereocenters. The molecule has 0 bridgehead atoms. The molecule has 1 atom stereocenters. The van der Waals surface area contributed by atoms with E-state index in [1.165, 1.54) is 18.5 Å². The van der Waals surface area contributed by atoms with E-state index in [9.17, 15) is 17.4 Å². The zero-order valence-corrected chi connectivity index (χ0v) is 13.2. The van der Waals surface area contributed by atoms with E-state index >= 15 is 0 Å². The molecule has 0 radical (unpaired) electrons. The van der Waals surface area contributed by atoms with Crippen molar-refractivity contribution in [2.24, 2.45) is 0 Å². The number of alkyl halides is 3. The standard InChI is InChI=1S/C14H14F3N3O2S/c1-9-3-5-19-13(20-9)23(21)7-11-10(2)12(4-6-18-11)22-8-14(15,16)17/h3-6H,7-8H2,1-2H3. The van der Waals surface area contributed by atoms with Gasteiger partial charge in [-0.1, -0.05) is 0 Å². The van der Waals surface area contributed by atoms with Crippen molar-refractivity contribution in [2.75, 3.05) is 6.61 Å². The summed E-state index contributed by atoms with van der Waals surface area (Å²) in [5.41, 5.74) is 1.47. The first-order chi connectivity index (χ1) is 10.8. The minimum absolute atomic E-state index is 0.00148. The normalized spacial score (nSPS) is 12.9. The van der Waals surface area contributed by atoms with Gasteiger partial charge in [0.2, 0.25) is 5.16 Å². The molecule has 2 rings (SSSR count). The Morgan fingerprint density at radius 2 is 1.87 bits per heavy atom. The molecule has 9 heteroatoms. The van der Waals surface area contributed by atoms with E-state index in [0.717, 1.165) is 0 Å². The number of nitrogens with zero attached hydrogens (tertiary/aromatic N) is 3. The number of pyridine rings is 1. The lowest BCUT2D eigenvalue weighted by atomic mass is 10.2. The van der Waals surface area contributed by atoms with Crippen molar-refractivity contribution in [1.82, 2.24) is 15.0 Å². The third-order valence-corrected chi connectivity index (χ3v) is 4.03. The van der Waals surface area contributed by atoms with Crippen LogP contribution in [0.25, 0.3) is 0 Å². The Kier molecular flexibility index (Phi) is 5.30. The van der Waals surface area contributed by atoms with Crippen molar-refractivity contribution in [1.29, 1.82) is 0 Å². The number of aryl methyl sites for hydroxylation is 1. The summed E-state index contributed by atoms with van der Waals surface area (Å²) in [4.78, 5) is 12.1. The van der Waals surface area contributed by atoms with Crippen LogP contribution in [0.15, 0.2) is 29.7 Å². The second-order valence-electron chi connectivity index (χ2n) is 4.76. The SMILES string of the molecule is Cc1ccnc(S(=O)Cc2nccc(OCC(F)(F)F)c2C)n1. The maximum atomic E-state index is 12.3. The topological polar surface area (TPSA) is 65.0 Å². The Balaban J connectivity index is 2.16. The van der Waals surface area contributed by atoms with Crippen molar-refractivity contribution in [3.63, 3.8) is 0 Å². The van der Waals surface area contributed by atoms with E-state index in [1.807, 2.05) is 0 Å². The molecule has 0 aromatic carbocycles. The highest BCUT2D eigenvalue weighted by Gasteiger charge is 2.29. The van der Waals surface area contributed by atoms with Crippen LogP contribution in [0, 0.1) is 13.8 Å². The van der Waals surface area contributed by atoms with Gasteiger partial charge in [0.1, 0.15) is 5.75 Å². The first-order valence-electron chi connectivity index (χ1n) is 6.58. The molecular formula is C14H14F3N3O2S. The Labute approximate surface area is 133 Å². The zero-order valence-electron chi connectivity index (χ0n) is 12.4. The number of aromatic nitrogens is 3. The Morgan fingerprint density at radius 1 is 1.17 bits per heavy atom. The molecule has 0 aliphatic carbocycles. The quantitative estimate of drug-likeness (QED) is 0.780. The highest BCUT2D eigenvalue weighted by atomic mass is 32.2. The maximum absolute atomic E-state index is 12.3. The Hall–Kier alpha value is -2.03. The van der Waals surface area contributed by atoms with Gasteiger partial charge < -0.3 is 4.74 Å². The molecule has 0 saturated carbocycles. The summed E-state index contributed by atoms with van der Waals surface area (Å²) in [7, 11) is -1.55. The predicted octanol–water partition coefficient (Wildman–Crippen LogP) is 2.74. The number of hydrogen-bond donors (Lipinski definition) is 0. The van der Waals surface area contributed by atoms with Crippen LogP contribution in [0.5, 0.6) is 5.75 Å². The van der Waals surface area contributed by atoms with E-state index in [1.54, 1.807) is 19.9 Å². The van der Waals surface area contributed by atoms with Gasteiger partial charge in [0.15, 0.2) is 6.61 Å². The van der Waals surface area contributed by atoms with Gasteiger partial charge in [-0.3, -0.25) is 9.19 Å². The molecular weight excluding hydrogens is 331 g/mol. The van der Waals surface area contributed by atoms with Crippen LogP contribution < -0.4 is 4.74 Å². The zero-order chi connectivity index (χ0) is 17.0. The third kappa shape index (κ3) is 4.98. The predicted molar refractivity (Wildman–Crippen MR) is 77.4 cm³/mol. The molecule has 5 nitrogen and oxygen atoms in total. The molecule has 0 N–H and O–H groups in total. The molecule has 0 fully saturated rings. The highest BCUT2D eigenvalue weighted by molar-refractivity contribution is 7.84. The van der Waals surface area contributed by atoms with Gasteiger partial charge in [-0.2, -0.15) is 13.2 Å².